The van der Waals surface area contributed by atoms with Crippen molar-refractivity contribution in [3.8, 4) is 0 Å². The number of pyridine rings is 1. The van der Waals surface area contributed by atoms with Crippen LogP contribution >= 0.6 is 0 Å². The van der Waals surface area contributed by atoms with Gasteiger partial charge in [-0.25, -0.2) is 18.1 Å². The van der Waals surface area contributed by atoms with Crippen molar-refractivity contribution in [3.05, 3.63) is 60.3 Å². The summed E-state index contributed by atoms with van der Waals surface area (Å²) >= 11 is 0. The molecule has 0 unspecified atom stereocenters. The number of sulfonamides is 1. The highest BCUT2D eigenvalue weighted by Crippen LogP contribution is 2.17. The van der Waals surface area contributed by atoms with E-state index in [1.165, 1.54) is 0 Å². The van der Waals surface area contributed by atoms with E-state index < -0.39 is 10.0 Å². The molecule has 1 aliphatic rings. The smallest absolute Gasteiger partial charge is 0.212 e. The maximum absolute atomic E-state index is 12.3. The van der Waals surface area contributed by atoms with E-state index >= 15 is 0 Å². The molecule has 5 nitrogen and oxygen atoms in total. The predicted molar refractivity (Wildman–Crippen MR) is 91.9 cm³/mol. The zero-order chi connectivity index (χ0) is 16.1. The van der Waals surface area contributed by atoms with Gasteiger partial charge in [-0.05, 0) is 30.5 Å². The average molecular weight is 331 g/mol. The van der Waals surface area contributed by atoms with Gasteiger partial charge in [-0.2, -0.15) is 0 Å². The third kappa shape index (κ3) is 4.53. The molecule has 2 heterocycles. The molecule has 1 atom stereocenters. The number of nitrogens with one attached hydrogen (secondary N) is 1. The van der Waals surface area contributed by atoms with Gasteiger partial charge in [-0.3, -0.25) is 0 Å². The molecule has 122 valence electrons. The zero-order valence-corrected chi connectivity index (χ0v) is 13.7. The fourth-order valence-corrected chi connectivity index (χ4v) is 4.14. The minimum atomic E-state index is -3.27. The number of hydrogen-bond donors (Lipinski definition) is 1. The van der Waals surface area contributed by atoms with Crippen molar-refractivity contribution in [2.45, 2.75) is 18.9 Å². The van der Waals surface area contributed by atoms with Crippen LogP contribution in [0.15, 0.2) is 54.7 Å². The van der Waals surface area contributed by atoms with Crippen LogP contribution in [0.5, 0.6) is 0 Å². The standard InChI is InChI=1S/C17H21N3O2S/c21-23(22,13-10-15-6-2-1-3-7-15)19-16-9-12-20(14-16)17-8-4-5-11-18-17/h1-8,11,16,19H,9-10,12-14H2/t16-/m0/s1. The molecular weight excluding hydrogens is 310 g/mol. The van der Waals surface area contributed by atoms with Crippen molar-refractivity contribution in [2.24, 2.45) is 0 Å². The molecule has 3 rings (SSSR count). The SMILES string of the molecule is O=S(=O)(CCc1ccccc1)N[C@H]1CCN(c2ccccn2)C1. The first kappa shape index (κ1) is 16.0. The lowest BCUT2D eigenvalue weighted by molar-refractivity contribution is 0.560. The van der Waals surface area contributed by atoms with Crippen molar-refractivity contribution in [2.75, 3.05) is 23.7 Å². The van der Waals surface area contributed by atoms with Gasteiger partial charge in [0.05, 0.1) is 5.75 Å². The second kappa shape index (κ2) is 7.10. The topological polar surface area (TPSA) is 62.3 Å². The van der Waals surface area contributed by atoms with Gasteiger partial charge in [0.2, 0.25) is 10.0 Å². The Hall–Kier alpha value is -1.92. The Morgan fingerprint density at radius 3 is 2.65 bits per heavy atom. The second-order valence-corrected chi connectivity index (χ2v) is 7.67. The lowest BCUT2D eigenvalue weighted by Gasteiger charge is -2.17. The molecule has 0 bridgehead atoms. The van der Waals surface area contributed by atoms with Crippen molar-refractivity contribution in [3.63, 3.8) is 0 Å². The van der Waals surface area contributed by atoms with Crippen LogP contribution in [0.4, 0.5) is 5.82 Å². The van der Waals surface area contributed by atoms with E-state index in [0.717, 1.165) is 24.3 Å². The largest absolute Gasteiger partial charge is 0.355 e. The number of rotatable bonds is 6. The van der Waals surface area contributed by atoms with E-state index in [0.29, 0.717) is 13.0 Å². The Balaban J connectivity index is 1.53. The summed E-state index contributed by atoms with van der Waals surface area (Å²) in [5.74, 6) is 1.02. The van der Waals surface area contributed by atoms with Crippen molar-refractivity contribution in [1.82, 2.24) is 9.71 Å². The molecule has 1 saturated heterocycles. The summed E-state index contributed by atoms with van der Waals surface area (Å²) in [6.07, 6.45) is 3.10. The van der Waals surface area contributed by atoms with Gasteiger partial charge in [0.25, 0.3) is 0 Å². The van der Waals surface area contributed by atoms with Gasteiger partial charge in [-0.1, -0.05) is 36.4 Å². The van der Waals surface area contributed by atoms with Crippen LogP contribution in [-0.4, -0.2) is 38.3 Å². The maximum Gasteiger partial charge on any atom is 0.212 e. The second-order valence-electron chi connectivity index (χ2n) is 5.79. The van der Waals surface area contributed by atoms with Gasteiger partial charge in [-0.15, -0.1) is 0 Å². The molecule has 1 aromatic carbocycles. The van der Waals surface area contributed by atoms with Crippen molar-refractivity contribution in [1.29, 1.82) is 0 Å². The van der Waals surface area contributed by atoms with Crippen LogP contribution in [0, 0.1) is 0 Å². The number of nitrogens with zero attached hydrogens (tertiary/aromatic N) is 2. The van der Waals surface area contributed by atoms with E-state index in [1.54, 1.807) is 6.20 Å². The molecule has 0 saturated carbocycles. The Labute approximate surface area is 137 Å². The lowest BCUT2D eigenvalue weighted by atomic mass is 10.2. The molecule has 1 fully saturated rings. The predicted octanol–water partition coefficient (Wildman–Crippen LogP) is 1.82. The van der Waals surface area contributed by atoms with Crippen LogP contribution in [0.3, 0.4) is 0 Å². The van der Waals surface area contributed by atoms with Crippen molar-refractivity contribution >= 4 is 15.8 Å². The third-order valence-electron chi connectivity index (χ3n) is 4.01. The van der Waals surface area contributed by atoms with E-state index in [-0.39, 0.29) is 11.8 Å². The summed E-state index contributed by atoms with van der Waals surface area (Å²) < 4.78 is 27.3. The van der Waals surface area contributed by atoms with Crippen LogP contribution in [0.2, 0.25) is 0 Å². The zero-order valence-electron chi connectivity index (χ0n) is 12.9. The summed E-state index contributed by atoms with van der Waals surface area (Å²) in [6, 6.07) is 15.4. The van der Waals surface area contributed by atoms with E-state index in [1.807, 2.05) is 48.5 Å². The van der Waals surface area contributed by atoms with Crippen LogP contribution in [-0.2, 0) is 16.4 Å². The van der Waals surface area contributed by atoms with Gasteiger partial charge in [0.1, 0.15) is 5.82 Å². The fraction of sp³-hybridized carbons (Fsp3) is 0.353. The first-order valence-corrected chi connectivity index (χ1v) is 9.47. The highest BCUT2D eigenvalue weighted by atomic mass is 32.2. The number of benzene rings is 1. The molecular formula is C17H21N3O2S. The first-order chi connectivity index (χ1) is 11.1. The summed E-state index contributed by atoms with van der Waals surface area (Å²) in [5, 5.41) is 0. The summed E-state index contributed by atoms with van der Waals surface area (Å²) in [6.45, 7) is 1.49. The average Bonchev–Trinajstić information content (AvgIpc) is 3.03. The van der Waals surface area contributed by atoms with Gasteiger partial charge >= 0.3 is 0 Å². The van der Waals surface area contributed by atoms with Crippen LogP contribution in [0.1, 0.15) is 12.0 Å². The molecule has 0 radical (unpaired) electrons. The molecule has 1 aliphatic heterocycles. The summed E-state index contributed by atoms with van der Waals surface area (Å²) in [5.41, 5.74) is 1.04. The highest BCUT2D eigenvalue weighted by molar-refractivity contribution is 7.89. The van der Waals surface area contributed by atoms with Gasteiger partial charge in [0, 0.05) is 25.3 Å². The quantitative estimate of drug-likeness (QED) is 0.877. The minimum absolute atomic E-state index is 0.0437. The third-order valence-corrected chi connectivity index (χ3v) is 5.44. The Bertz CT molecular complexity index is 720. The Morgan fingerprint density at radius 1 is 1.13 bits per heavy atom. The highest BCUT2D eigenvalue weighted by Gasteiger charge is 2.26. The fourth-order valence-electron chi connectivity index (χ4n) is 2.82. The maximum atomic E-state index is 12.3. The number of hydrogen-bond acceptors (Lipinski definition) is 4. The van der Waals surface area contributed by atoms with Gasteiger partial charge < -0.3 is 4.90 Å². The molecule has 2 aromatic rings. The molecule has 6 heteroatoms. The molecule has 1 N–H and O–H groups in total. The number of aryl methyl sites for hydroxylation is 1. The van der Waals surface area contributed by atoms with Crippen LogP contribution in [0.25, 0.3) is 0 Å². The molecule has 0 amide bonds. The van der Waals surface area contributed by atoms with E-state index in [4.69, 9.17) is 0 Å². The van der Waals surface area contributed by atoms with Crippen LogP contribution < -0.4 is 9.62 Å². The molecule has 1 aromatic heterocycles. The normalized spacial score (nSPS) is 18.3. The van der Waals surface area contributed by atoms with Gasteiger partial charge in [0.15, 0.2) is 0 Å². The molecule has 0 spiro atoms. The van der Waals surface area contributed by atoms with E-state index in [9.17, 15) is 8.42 Å². The molecule has 0 aliphatic carbocycles. The Kier molecular flexibility index (Phi) is 4.93. The summed E-state index contributed by atoms with van der Waals surface area (Å²) in [7, 11) is -3.27. The Morgan fingerprint density at radius 2 is 1.91 bits per heavy atom. The van der Waals surface area contributed by atoms with E-state index in [2.05, 4.69) is 14.6 Å². The lowest BCUT2D eigenvalue weighted by Crippen LogP contribution is -2.38. The van der Waals surface area contributed by atoms with Crippen molar-refractivity contribution < 1.29 is 8.42 Å². The summed E-state index contributed by atoms with van der Waals surface area (Å²) in [4.78, 5) is 6.43. The first-order valence-electron chi connectivity index (χ1n) is 7.82. The minimum Gasteiger partial charge on any atom is -0.355 e. The number of aromatic nitrogens is 1. The monoisotopic (exact) mass is 331 g/mol. The molecule has 23 heavy (non-hydrogen) atoms. The number of anilines is 1.